The molecule has 3 heteroatoms. The Morgan fingerprint density at radius 3 is 3.00 bits per heavy atom. The quantitative estimate of drug-likeness (QED) is 0.742. The van der Waals surface area contributed by atoms with Gasteiger partial charge in [0.1, 0.15) is 11.6 Å². The zero-order valence-corrected chi connectivity index (χ0v) is 8.38. The first-order chi connectivity index (χ1) is 6.70. The summed E-state index contributed by atoms with van der Waals surface area (Å²) in [5.41, 5.74) is 0.922. The number of hydrogen-bond acceptors (Lipinski definition) is 2. The Balaban J connectivity index is 2.41. The molecule has 0 aromatic heterocycles. The van der Waals surface area contributed by atoms with Crippen LogP contribution in [-0.4, -0.2) is 13.2 Å². The van der Waals surface area contributed by atoms with Crippen LogP contribution in [0.25, 0.3) is 0 Å². The standard InChI is InChI=1S/C11H14FNO/c1-7-5-10(13-2)9-6-8(12)3-4-11(9)14-7/h3-4,6-7,10,13H,5H2,1-2H3. The maximum absolute atomic E-state index is 13.0. The molecule has 0 saturated heterocycles. The maximum atomic E-state index is 13.0. The van der Waals surface area contributed by atoms with E-state index in [2.05, 4.69) is 5.32 Å². The lowest BCUT2D eigenvalue weighted by Crippen LogP contribution is -2.29. The van der Waals surface area contributed by atoms with Gasteiger partial charge in [-0.3, -0.25) is 0 Å². The van der Waals surface area contributed by atoms with Crippen molar-refractivity contribution in [2.75, 3.05) is 7.05 Å². The van der Waals surface area contributed by atoms with Crippen LogP contribution in [0.15, 0.2) is 18.2 Å². The molecule has 1 aliphatic heterocycles. The number of ether oxygens (including phenoxy) is 1. The fourth-order valence-corrected chi connectivity index (χ4v) is 1.90. The summed E-state index contributed by atoms with van der Waals surface area (Å²) in [6.07, 6.45) is 1.07. The van der Waals surface area contributed by atoms with Crippen molar-refractivity contribution in [3.05, 3.63) is 29.6 Å². The summed E-state index contributed by atoms with van der Waals surface area (Å²) in [4.78, 5) is 0. The van der Waals surface area contributed by atoms with Gasteiger partial charge >= 0.3 is 0 Å². The third-order valence-corrected chi connectivity index (χ3v) is 2.59. The molecule has 1 aliphatic rings. The molecule has 0 saturated carbocycles. The average molecular weight is 195 g/mol. The van der Waals surface area contributed by atoms with Gasteiger partial charge in [0.2, 0.25) is 0 Å². The van der Waals surface area contributed by atoms with Gasteiger partial charge in [-0.2, -0.15) is 0 Å². The second-order valence-electron chi connectivity index (χ2n) is 3.69. The zero-order chi connectivity index (χ0) is 10.1. The minimum Gasteiger partial charge on any atom is -0.490 e. The third kappa shape index (κ3) is 1.60. The molecule has 0 amide bonds. The number of fused-ring (bicyclic) bond motifs is 1. The van der Waals surface area contributed by atoms with Crippen molar-refractivity contribution in [1.29, 1.82) is 0 Å². The predicted molar refractivity (Wildman–Crippen MR) is 52.9 cm³/mol. The van der Waals surface area contributed by atoms with Crippen LogP contribution in [-0.2, 0) is 0 Å². The van der Waals surface area contributed by atoms with Crippen LogP contribution < -0.4 is 10.1 Å². The summed E-state index contributed by atoms with van der Waals surface area (Å²) >= 11 is 0. The van der Waals surface area contributed by atoms with Crippen molar-refractivity contribution in [3.8, 4) is 5.75 Å². The maximum Gasteiger partial charge on any atom is 0.124 e. The number of halogens is 1. The molecule has 2 rings (SSSR count). The van der Waals surface area contributed by atoms with E-state index < -0.39 is 0 Å². The van der Waals surface area contributed by atoms with Crippen molar-refractivity contribution in [1.82, 2.24) is 5.32 Å². The highest BCUT2D eigenvalue weighted by atomic mass is 19.1. The molecule has 76 valence electrons. The molecule has 1 aromatic carbocycles. The Morgan fingerprint density at radius 1 is 1.50 bits per heavy atom. The van der Waals surface area contributed by atoms with Crippen LogP contribution in [0.3, 0.4) is 0 Å². The smallest absolute Gasteiger partial charge is 0.124 e. The molecule has 1 heterocycles. The van der Waals surface area contributed by atoms with Crippen molar-refractivity contribution in [3.63, 3.8) is 0 Å². The highest BCUT2D eigenvalue weighted by Crippen LogP contribution is 2.34. The first kappa shape index (κ1) is 9.46. The number of nitrogens with one attached hydrogen (secondary N) is 1. The fraction of sp³-hybridized carbons (Fsp3) is 0.455. The molecule has 14 heavy (non-hydrogen) atoms. The molecule has 1 N–H and O–H groups in total. The Morgan fingerprint density at radius 2 is 2.29 bits per heavy atom. The SMILES string of the molecule is CNC1CC(C)Oc2ccc(F)cc21. The first-order valence-electron chi connectivity index (χ1n) is 4.84. The molecule has 1 aromatic rings. The van der Waals surface area contributed by atoms with Gasteiger partial charge in [0.15, 0.2) is 0 Å². The van der Waals surface area contributed by atoms with Crippen LogP contribution in [0.5, 0.6) is 5.75 Å². The van der Waals surface area contributed by atoms with Crippen molar-refractivity contribution < 1.29 is 9.13 Å². The van der Waals surface area contributed by atoms with Crippen LogP contribution in [0, 0.1) is 5.82 Å². The van der Waals surface area contributed by atoms with E-state index >= 15 is 0 Å². The van der Waals surface area contributed by atoms with Gasteiger partial charge in [-0.15, -0.1) is 0 Å². The Bertz CT molecular complexity index is 340. The van der Waals surface area contributed by atoms with Crippen LogP contribution in [0.4, 0.5) is 4.39 Å². The minimum absolute atomic E-state index is 0.186. The lowest BCUT2D eigenvalue weighted by molar-refractivity contribution is 0.168. The van der Waals surface area contributed by atoms with Crippen molar-refractivity contribution >= 4 is 0 Å². The van der Waals surface area contributed by atoms with E-state index in [9.17, 15) is 4.39 Å². The summed E-state index contributed by atoms with van der Waals surface area (Å²) < 4.78 is 18.6. The Hall–Kier alpha value is -1.09. The average Bonchev–Trinajstić information content (AvgIpc) is 2.17. The van der Waals surface area contributed by atoms with Crippen LogP contribution in [0.1, 0.15) is 24.9 Å². The largest absolute Gasteiger partial charge is 0.490 e. The van der Waals surface area contributed by atoms with Crippen LogP contribution in [0.2, 0.25) is 0 Å². The van der Waals surface area contributed by atoms with Gasteiger partial charge in [0, 0.05) is 18.0 Å². The highest BCUT2D eigenvalue weighted by molar-refractivity contribution is 5.38. The normalized spacial score (nSPS) is 25.4. The minimum atomic E-state index is -0.206. The monoisotopic (exact) mass is 195 g/mol. The summed E-state index contributed by atoms with van der Waals surface area (Å²) in [6.45, 7) is 2.02. The molecule has 2 unspecified atom stereocenters. The summed E-state index contributed by atoms with van der Waals surface area (Å²) in [6, 6.07) is 4.88. The van der Waals surface area contributed by atoms with E-state index in [1.165, 1.54) is 6.07 Å². The second kappa shape index (κ2) is 3.58. The first-order valence-corrected chi connectivity index (χ1v) is 4.84. The van der Waals surface area contributed by atoms with E-state index in [-0.39, 0.29) is 18.0 Å². The van der Waals surface area contributed by atoms with Gasteiger partial charge in [0.25, 0.3) is 0 Å². The number of rotatable bonds is 1. The molecule has 0 fully saturated rings. The fourth-order valence-electron chi connectivity index (χ4n) is 1.90. The summed E-state index contributed by atoms with van der Waals surface area (Å²) in [5.74, 6) is 0.589. The van der Waals surface area contributed by atoms with Gasteiger partial charge in [-0.05, 0) is 32.2 Å². The summed E-state index contributed by atoms with van der Waals surface area (Å²) in [5, 5.41) is 3.17. The van der Waals surface area contributed by atoms with Gasteiger partial charge in [-0.1, -0.05) is 0 Å². The molecule has 0 radical (unpaired) electrons. The zero-order valence-electron chi connectivity index (χ0n) is 8.38. The van der Waals surface area contributed by atoms with E-state index in [0.29, 0.717) is 0 Å². The topological polar surface area (TPSA) is 21.3 Å². The third-order valence-electron chi connectivity index (χ3n) is 2.59. The Labute approximate surface area is 83.1 Å². The van der Waals surface area contributed by atoms with E-state index in [4.69, 9.17) is 4.74 Å². The highest BCUT2D eigenvalue weighted by Gasteiger charge is 2.24. The molecular formula is C11H14FNO. The molecular weight excluding hydrogens is 181 g/mol. The van der Waals surface area contributed by atoms with Gasteiger partial charge < -0.3 is 10.1 Å². The van der Waals surface area contributed by atoms with E-state index in [1.54, 1.807) is 12.1 Å². The summed E-state index contributed by atoms with van der Waals surface area (Å²) in [7, 11) is 1.89. The second-order valence-corrected chi connectivity index (χ2v) is 3.69. The van der Waals surface area contributed by atoms with Crippen molar-refractivity contribution in [2.24, 2.45) is 0 Å². The lowest BCUT2D eigenvalue weighted by Gasteiger charge is -2.30. The molecule has 2 atom stereocenters. The van der Waals surface area contributed by atoms with E-state index in [1.807, 2.05) is 14.0 Å². The van der Waals surface area contributed by atoms with E-state index in [0.717, 1.165) is 17.7 Å². The molecule has 0 bridgehead atoms. The number of benzene rings is 1. The number of hydrogen-bond donors (Lipinski definition) is 1. The van der Waals surface area contributed by atoms with Crippen molar-refractivity contribution in [2.45, 2.75) is 25.5 Å². The van der Waals surface area contributed by atoms with Gasteiger partial charge in [-0.25, -0.2) is 4.39 Å². The Kier molecular flexibility index (Phi) is 2.42. The molecule has 0 aliphatic carbocycles. The molecule has 0 spiro atoms. The predicted octanol–water partition coefficient (Wildman–Crippen LogP) is 2.26. The van der Waals surface area contributed by atoms with Gasteiger partial charge in [0.05, 0.1) is 6.10 Å². The lowest BCUT2D eigenvalue weighted by atomic mass is 9.97. The van der Waals surface area contributed by atoms with Crippen LogP contribution >= 0.6 is 0 Å². The molecule has 2 nitrogen and oxygen atoms in total.